The van der Waals surface area contributed by atoms with Crippen molar-refractivity contribution in [1.82, 2.24) is 14.4 Å². The third-order valence-electron chi connectivity index (χ3n) is 4.71. The van der Waals surface area contributed by atoms with Gasteiger partial charge in [-0.3, -0.25) is 4.48 Å². The van der Waals surface area contributed by atoms with E-state index in [2.05, 4.69) is 57.0 Å². The van der Waals surface area contributed by atoms with Crippen molar-refractivity contribution in [1.29, 1.82) is 0 Å². The van der Waals surface area contributed by atoms with Gasteiger partial charge in [0.15, 0.2) is 5.11 Å². The minimum Gasteiger partial charge on any atom is -0.338 e. The number of hydrogen-bond acceptors (Lipinski definition) is 4. The van der Waals surface area contributed by atoms with Crippen molar-refractivity contribution in [2.45, 2.75) is 4.90 Å². The molecule has 0 atom stereocenters. The van der Waals surface area contributed by atoms with E-state index < -0.39 is 10.0 Å². The molecule has 27 heavy (non-hydrogen) atoms. The third-order valence-corrected chi connectivity index (χ3v) is 6.64. The summed E-state index contributed by atoms with van der Waals surface area (Å²) in [6.07, 6.45) is 1.89. The van der Waals surface area contributed by atoms with E-state index in [0.717, 1.165) is 45.7 Å². The van der Waals surface area contributed by atoms with Gasteiger partial charge in [0.2, 0.25) is 15.8 Å². The number of halogens is 1. The van der Waals surface area contributed by atoms with Crippen molar-refractivity contribution in [2.75, 3.05) is 38.5 Å². The second kappa shape index (κ2) is 7.95. The largest absolute Gasteiger partial charge is 0.338 e. The quantitative estimate of drug-likeness (QED) is 0.367. The summed E-state index contributed by atoms with van der Waals surface area (Å²) in [5.41, 5.74) is 0.731. The molecule has 3 rings (SSSR count). The molecule has 1 aromatic heterocycles. The molecule has 1 fully saturated rings. The molecule has 0 spiro atoms. The Hall–Kier alpha value is -1.34. The molecule has 0 radical (unpaired) electrons. The van der Waals surface area contributed by atoms with E-state index in [1.54, 1.807) is 12.1 Å². The normalized spacial score (nSPS) is 16.8. The van der Waals surface area contributed by atoms with Gasteiger partial charge in [-0.2, -0.15) is 0 Å². The average Bonchev–Trinajstić information content (AvgIpc) is 2.62. The van der Waals surface area contributed by atoms with Crippen LogP contribution in [0.5, 0.6) is 0 Å². The molecule has 1 aliphatic rings. The minimum absolute atomic E-state index is 0.0787. The number of primary sulfonamides is 1. The molecular weight excluding hydrogens is 497 g/mol. The van der Waals surface area contributed by atoms with Crippen LogP contribution in [0.4, 0.5) is 11.5 Å². The number of rotatable bonds is 3. The summed E-state index contributed by atoms with van der Waals surface area (Å²) in [5.74, 6) is 1.06. The van der Waals surface area contributed by atoms with E-state index >= 15 is 0 Å². The van der Waals surface area contributed by atoms with Gasteiger partial charge in [0.05, 0.1) is 25.0 Å². The first-order valence-corrected chi connectivity index (χ1v) is 11.4. The number of nitrogens with one attached hydrogen (secondary N) is 1. The molecule has 0 saturated carbocycles. The zero-order valence-electron chi connectivity index (χ0n) is 14.8. The summed E-state index contributed by atoms with van der Waals surface area (Å²) >= 11 is 7.78. The monoisotopic (exact) mass is 518 g/mol. The van der Waals surface area contributed by atoms with Gasteiger partial charge >= 0.3 is 0 Å². The van der Waals surface area contributed by atoms with Crippen LogP contribution in [-0.4, -0.2) is 56.6 Å². The maximum Gasteiger partial charge on any atom is 0.238 e. The van der Waals surface area contributed by atoms with Gasteiger partial charge in [-0.05, 0) is 65.1 Å². The number of thiocarbonyl (C=S) groups is 1. The number of piperazine rings is 1. The molecule has 2 heterocycles. The number of anilines is 1. The van der Waals surface area contributed by atoms with E-state index in [4.69, 9.17) is 17.4 Å². The van der Waals surface area contributed by atoms with Crippen molar-refractivity contribution in [3.8, 4) is 0 Å². The number of quaternary nitrogens is 1. The lowest BCUT2D eigenvalue weighted by molar-refractivity contribution is 0.213. The highest BCUT2D eigenvalue weighted by Gasteiger charge is 2.33. The second-order valence-electron chi connectivity index (χ2n) is 6.66. The summed E-state index contributed by atoms with van der Waals surface area (Å²) in [6, 6.07) is 10.4. The number of hydrogen-bond donors (Lipinski definition) is 2. The fourth-order valence-electron chi connectivity index (χ4n) is 2.96. The molecule has 2 aromatic rings. The summed E-state index contributed by atoms with van der Waals surface area (Å²) in [6.45, 7) is 3.43. The Kier molecular flexibility index (Phi) is 6.01. The minimum atomic E-state index is -3.69. The highest BCUT2D eigenvalue weighted by molar-refractivity contribution is 14.1. The summed E-state index contributed by atoms with van der Waals surface area (Å²) in [7, 11) is -1.50. The first-order chi connectivity index (χ1) is 12.7. The van der Waals surface area contributed by atoms with E-state index in [-0.39, 0.29) is 4.90 Å². The molecule has 0 aliphatic carbocycles. The average molecular weight is 518 g/mol. The predicted octanol–water partition coefficient (Wildman–Crippen LogP) is 1.98. The van der Waals surface area contributed by atoms with Crippen molar-refractivity contribution in [3.63, 3.8) is 0 Å². The van der Waals surface area contributed by atoms with Gasteiger partial charge in [0.1, 0.15) is 13.1 Å². The predicted molar refractivity (Wildman–Crippen MR) is 120 cm³/mol. The zero-order valence-corrected chi connectivity index (χ0v) is 18.6. The standard InChI is InChI=1S/C17H20IN5O2S2/c1-23(16-7-2-13(18)12-20-16)10-8-22(9-11-23)17(26)21-14-3-5-15(6-4-14)27(19,24)25/h2-7,12H,8-11H2,1H3,(H2-,19,21,24,25,26)/p+1. The Morgan fingerprint density at radius 1 is 1.22 bits per heavy atom. The SMILES string of the molecule is C[N+]1(c2ccc(I)cn2)CCN(C(=S)Nc2ccc(S(N)(=O)=O)cc2)CC1. The van der Waals surface area contributed by atoms with E-state index in [0.29, 0.717) is 5.11 Å². The van der Waals surface area contributed by atoms with Crippen LogP contribution < -0.4 is 14.9 Å². The maximum absolute atomic E-state index is 11.3. The summed E-state index contributed by atoms with van der Waals surface area (Å²) < 4.78 is 24.6. The first-order valence-electron chi connectivity index (χ1n) is 8.33. The Balaban J connectivity index is 1.60. The maximum atomic E-state index is 11.3. The lowest BCUT2D eigenvalue weighted by atomic mass is 10.2. The number of pyridine rings is 1. The van der Waals surface area contributed by atoms with Crippen molar-refractivity contribution in [3.05, 3.63) is 46.2 Å². The van der Waals surface area contributed by atoms with Gasteiger partial charge < -0.3 is 10.2 Å². The lowest BCUT2D eigenvalue weighted by Crippen LogP contribution is -2.60. The van der Waals surface area contributed by atoms with Crippen LogP contribution >= 0.6 is 34.8 Å². The van der Waals surface area contributed by atoms with Crippen LogP contribution in [0.15, 0.2) is 47.5 Å². The topological polar surface area (TPSA) is 88.3 Å². The van der Waals surface area contributed by atoms with Crippen molar-refractivity contribution >= 4 is 61.4 Å². The van der Waals surface area contributed by atoms with Crippen molar-refractivity contribution in [2.24, 2.45) is 5.14 Å². The highest BCUT2D eigenvalue weighted by atomic mass is 127. The lowest BCUT2D eigenvalue weighted by Gasteiger charge is -2.41. The Labute approximate surface area is 178 Å². The van der Waals surface area contributed by atoms with E-state index in [1.807, 2.05) is 6.20 Å². The van der Waals surface area contributed by atoms with Gasteiger partial charge in [0.25, 0.3) is 0 Å². The molecule has 1 aliphatic heterocycles. The number of sulfonamides is 1. The molecule has 10 heteroatoms. The van der Waals surface area contributed by atoms with Gasteiger partial charge in [-0.1, -0.05) is 0 Å². The Morgan fingerprint density at radius 2 is 1.85 bits per heavy atom. The number of benzene rings is 1. The van der Waals surface area contributed by atoms with Crippen molar-refractivity contribution < 1.29 is 8.42 Å². The van der Waals surface area contributed by atoms with Crippen LogP contribution in [0.1, 0.15) is 0 Å². The highest BCUT2D eigenvalue weighted by Crippen LogP contribution is 2.22. The molecule has 1 saturated heterocycles. The molecular formula is C17H21IN5O2S2+. The van der Waals surface area contributed by atoms with Crippen LogP contribution in [0.25, 0.3) is 0 Å². The smallest absolute Gasteiger partial charge is 0.238 e. The molecule has 144 valence electrons. The molecule has 7 nitrogen and oxygen atoms in total. The number of aromatic nitrogens is 1. The molecule has 3 N–H and O–H groups in total. The molecule has 1 aromatic carbocycles. The van der Waals surface area contributed by atoms with Crippen LogP contribution in [0.2, 0.25) is 0 Å². The molecule has 0 bridgehead atoms. The second-order valence-corrected chi connectivity index (χ2v) is 9.86. The third kappa shape index (κ3) is 4.93. The van der Waals surface area contributed by atoms with Crippen LogP contribution in [0.3, 0.4) is 0 Å². The van der Waals surface area contributed by atoms with E-state index in [1.165, 1.54) is 12.1 Å². The fourth-order valence-corrected chi connectivity index (χ4v) is 4.09. The fraction of sp³-hybridized carbons (Fsp3) is 0.294. The zero-order chi connectivity index (χ0) is 19.7. The number of nitrogens with two attached hydrogens (primary N) is 1. The van der Waals surface area contributed by atoms with Gasteiger partial charge in [-0.15, -0.1) is 0 Å². The molecule has 0 unspecified atom stereocenters. The Bertz CT molecular complexity index is 925. The Morgan fingerprint density at radius 3 is 2.37 bits per heavy atom. The number of likely N-dealkylation sites (N-methyl/N-ethyl adjacent to an activating group) is 1. The summed E-state index contributed by atoms with van der Waals surface area (Å²) in [5, 5.41) is 8.91. The number of nitrogens with zero attached hydrogens (tertiary/aromatic N) is 3. The van der Waals surface area contributed by atoms with Crippen LogP contribution in [-0.2, 0) is 10.0 Å². The van der Waals surface area contributed by atoms with Crippen LogP contribution in [0, 0.1) is 3.57 Å². The summed E-state index contributed by atoms with van der Waals surface area (Å²) in [4.78, 5) is 6.78. The van der Waals surface area contributed by atoms with Gasteiger partial charge in [-0.25, -0.2) is 18.5 Å². The molecule has 0 amide bonds. The first kappa shape index (κ1) is 20.4. The van der Waals surface area contributed by atoms with Gasteiger partial charge in [0, 0.05) is 21.5 Å². The van der Waals surface area contributed by atoms with E-state index in [9.17, 15) is 8.42 Å².